The average molecular weight is 227 g/mol. The summed E-state index contributed by atoms with van der Waals surface area (Å²) in [6, 6.07) is 0. The Balaban J connectivity index is 2.23. The summed E-state index contributed by atoms with van der Waals surface area (Å²) in [7, 11) is 0. The minimum absolute atomic E-state index is 1.01. The molecule has 0 radical (unpaired) electrons. The third-order valence-electron chi connectivity index (χ3n) is 2.27. The Morgan fingerprint density at radius 2 is 1.80 bits per heavy atom. The molecule has 0 bridgehead atoms. The van der Waals surface area contributed by atoms with Crippen LogP contribution in [0.15, 0.2) is 0 Å². The Kier molecular flexibility index (Phi) is 6.52. The zero-order chi connectivity index (χ0) is 10.9. The fourth-order valence-corrected chi connectivity index (χ4v) is 2.27. The van der Waals surface area contributed by atoms with Gasteiger partial charge >= 0.3 is 0 Å². The van der Waals surface area contributed by atoms with Gasteiger partial charge in [-0.25, -0.2) is 0 Å². The number of nitrogens with one attached hydrogen (secondary N) is 1. The van der Waals surface area contributed by atoms with Gasteiger partial charge in [-0.05, 0) is 13.0 Å². The minimum atomic E-state index is 1.01. The Hall–Kier alpha value is -0.480. The van der Waals surface area contributed by atoms with E-state index in [0.717, 1.165) is 25.9 Å². The molecule has 0 saturated heterocycles. The van der Waals surface area contributed by atoms with Crippen LogP contribution >= 0.6 is 11.3 Å². The Labute approximate surface area is 96.3 Å². The highest BCUT2D eigenvalue weighted by Gasteiger charge is 2.03. The van der Waals surface area contributed by atoms with Crippen molar-refractivity contribution < 1.29 is 0 Å². The van der Waals surface area contributed by atoms with Gasteiger partial charge in [-0.15, -0.1) is 21.5 Å². The normalized spacial score (nSPS) is 10.8. The molecule has 15 heavy (non-hydrogen) atoms. The third kappa shape index (κ3) is 5.23. The van der Waals surface area contributed by atoms with Crippen LogP contribution < -0.4 is 5.32 Å². The van der Waals surface area contributed by atoms with Gasteiger partial charge in [-0.3, -0.25) is 0 Å². The first-order valence-electron chi connectivity index (χ1n) is 5.88. The second kappa shape index (κ2) is 7.77. The molecule has 0 aliphatic carbocycles. The molecule has 0 fully saturated rings. The van der Waals surface area contributed by atoms with Gasteiger partial charge in [0.2, 0.25) is 0 Å². The van der Waals surface area contributed by atoms with Crippen LogP contribution in [0.4, 0.5) is 0 Å². The van der Waals surface area contributed by atoms with Crippen molar-refractivity contribution in [2.75, 3.05) is 13.1 Å². The number of aromatic nitrogens is 2. The summed E-state index contributed by atoms with van der Waals surface area (Å²) >= 11 is 1.77. The maximum atomic E-state index is 4.21. The van der Waals surface area contributed by atoms with Gasteiger partial charge in [0.05, 0.1) is 0 Å². The van der Waals surface area contributed by atoms with Gasteiger partial charge in [-0.1, -0.05) is 26.7 Å². The fourth-order valence-electron chi connectivity index (χ4n) is 1.39. The van der Waals surface area contributed by atoms with Gasteiger partial charge in [0.15, 0.2) is 0 Å². The molecule has 0 saturated carbocycles. The summed E-state index contributed by atoms with van der Waals surface area (Å²) in [5.41, 5.74) is 0. The van der Waals surface area contributed by atoms with Gasteiger partial charge in [0.25, 0.3) is 0 Å². The molecule has 1 rings (SSSR count). The number of rotatable bonds is 8. The lowest BCUT2D eigenvalue weighted by Gasteiger charge is -1.96. The van der Waals surface area contributed by atoms with Crippen molar-refractivity contribution in [2.45, 2.75) is 46.0 Å². The topological polar surface area (TPSA) is 37.8 Å². The van der Waals surface area contributed by atoms with Crippen LogP contribution in [-0.4, -0.2) is 23.3 Å². The SMILES string of the molecule is CCCCCc1nnc(CCNCC)s1. The highest BCUT2D eigenvalue weighted by Crippen LogP contribution is 2.13. The van der Waals surface area contributed by atoms with E-state index in [9.17, 15) is 0 Å². The standard InChI is InChI=1S/C11H21N3S/c1-3-5-6-7-10-13-14-11(15-10)8-9-12-4-2/h12H,3-9H2,1-2H3. The second-order valence-electron chi connectivity index (χ2n) is 3.65. The summed E-state index contributed by atoms with van der Waals surface area (Å²) in [6.45, 7) is 6.39. The molecule has 0 unspecified atom stereocenters. The highest BCUT2D eigenvalue weighted by atomic mass is 32.1. The van der Waals surface area contributed by atoms with E-state index in [4.69, 9.17) is 0 Å². The number of hydrogen-bond acceptors (Lipinski definition) is 4. The molecule has 4 heteroatoms. The molecule has 3 nitrogen and oxygen atoms in total. The predicted molar refractivity (Wildman–Crippen MR) is 65.4 cm³/mol. The monoisotopic (exact) mass is 227 g/mol. The maximum Gasteiger partial charge on any atom is 0.118 e. The van der Waals surface area contributed by atoms with Gasteiger partial charge < -0.3 is 5.32 Å². The predicted octanol–water partition coefficient (Wildman–Crippen LogP) is 2.42. The van der Waals surface area contributed by atoms with E-state index in [1.807, 2.05) is 0 Å². The summed E-state index contributed by atoms with van der Waals surface area (Å²) in [6.07, 6.45) is 5.93. The summed E-state index contributed by atoms with van der Waals surface area (Å²) in [5, 5.41) is 14.1. The molecule has 86 valence electrons. The molecule has 0 aliphatic heterocycles. The van der Waals surface area contributed by atoms with Crippen molar-refractivity contribution in [3.63, 3.8) is 0 Å². The molecule has 1 N–H and O–H groups in total. The fraction of sp³-hybridized carbons (Fsp3) is 0.818. The van der Waals surface area contributed by atoms with E-state index in [-0.39, 0.29) is 0 Å². The first-order chi connectivity index (χ1) is 7.36. The van der Waals surface area contributed by atoms with E-state index < -0.39 is 0 Å². The van der Waals surface area contributed by atoms with Crippen molar-refractivity contribution in [3.05, 3.63) is 10.0 Å². The smallest absolute Gasteiger partial charge is 0.118 e. The zero-order valence-corrected chi connectivity index (χ0v) is 10.6. The van der Waals surface area contributed by atoms with Crippen molar-refractivity contribution in [1.29, 1.82) is 0 Å². The molecule has 1 aromatic heterocycles. The van der Waals surface area contributed by atoms with E-state index in [1.54, 1.807) is 11.3 Å². The van der Waals surface area contributed by atoms with Crippen LogP contribution in [0, 0.1) is 0 Å². The van der Waals surface area contributed by atoms with Crippen molar-refractivity contribution in [1.82, 2.24) is 15.5 Å². The lowest BCUT2D eigenvalue weighted by Crippen LogP contribution is -2.15. The first kappa shape index (κ1) is 12.6. The van der Waals surface area contributed by atoms with Gasteiger partial charge in [-0.2, -0.15) is 0 Å². The summed E-state index contributed by atoms with van der Waals surface area (Å²) < 4.78 is 0. The molecule has 1 aromatic rings. The second-order valence-corrected chi connectivity index (χ2v) is 4.80. The van der Waals surface area contributed by atoms with Crippen molar-refractivity contribution in [2.24, 2.45) is 0 Å². The lowest BCUT2D eigenvalue weighted by atomic mass is 10.2. The van der Waals surface area contributed by atoms with Gasteiger partial charge in [0.1, 0.15) is 10.0 Å². The van der Waals surface area contributed by atoms with Gasteiger partial charge in [0, 0.05) is 19.4 Å². The molecule has 1 heterocycles. The average Bonchev–Trinajstić information content (AvgIpc) is 2.67. The van der Waals surface area contributed by atoms with E-state index >= 15 is 0 Å². The highest BCUT2D eigenvalue weighted by molar-refractivity contribution is 7.11. The molecule has 0 aliphatic rings. The Morgan fingerprint density at radius 3 is 2.47 bits per heavy atom. The number of unbranched alkanes of at least 4 members (excludes halogenated alkanes) is 2. The molecule has 0 atom stereocenters. The zero-order valence-electron chi connectivity index (χ0n) is 9.75. The third-order valence-corrected chi connectivity index (χ3v) is 3.31. The molecule has 0 spiro atoms. The maximum absolute atomic E-state index is 4.21. The molecular weight excluding hydrogens is 206 g/mol. The Morgan fingerprint density at radius 1 is 1.07 bits per heavy atom. The van der Waals surface area contributed by atoms with Crippen molar-refractivity contribution >= 4 is 11.3 Å². The minimum Gasteiger partial charge on any atom is -0.317 e. The van der Waals surface area contributed by atoms with Crippen molar-refractivity contribution in [3.8, 4) is 0 Å². The van der Waals surface area contributed by atoms with Crippen LogP contribution in [-0.2, 0) is 12.8 Å². The molecule has 0 aromatic carbocycles. The summed E-state index contributed by atoms with van der Waals surface area (Å²) in [5.74, 6) is 0. The number of aryl methyl sites for hydroxylation is 1. The van der Waals surface area contributed by atoms with Crippen LogP contribution in [0.3, 0.4) is 0 Å². The van der Waals surface area contributed by atoms with Crippen LogP contribution in [0.25, 0.3) is 0 Å². The van der Waals surface area contributed by atoms with E-state index in [0.29, 0.717) is 0 Å². The Bertz CT molecular complexity index is 236. The first-order valence-corrected chi connectivity index (χ1v) is 6.70. The van der Waals surface area contributed by atoms with Crippen LogP contribution in [0.2, 0.25) is 0 Å². The largest absolute Gasteiger partial charge is 0.317 e. The quantitative estimate of drug-likeness (QED) is 0.693. The van der Waals surface area contributed by atoms with Crippen LogP contribution in [0.5, 0.6) is 0 Å². The van der Waals surface area contributed by atoms with Crippen LogP contribution in [0.1, 0.15) is 43.1 Å². The number of likely N-dealkylation sites (N-methyl/N-ethyl adjacent to an activating group) is 1. The van der Waals surface area contributed by atoms with E-state index in [2.05, 4.69) is 29.4 Å². The molecular formula is C11H21N3S. The number of hydrogen-bond donors (Lipinski definition) is 1. The molecule has 0 amide bonds. The van der Waals surface area contributed by atoms with E-state index in [1.165, 1.54) is 29.3 Å². The summed E-state index contributed by atoms with van der Waals surface area (Å²) in [4.78, 5) is 0. The number of nitrogens with zero attached hydrogens (tertiary/aromatic N) is 2. The lowest BCUT2D eigenvalue weighted by molar-refractivity contribution is 0.702.